The van der Waals surface area contributed by atoms with E-state index in [-0.39, 0.29) is 5.91 Å². The highest BCUT2D eigenvalue weighted by atomic mass is 35.5. The van der Waals surface area contributed by atoms with Crippen LogP contribution in [0.15, 0.2) is 30.3 Å². The van der Waals surface area contributed by atoms with Crippen LogP contribution in [0.5, 0.6) is 17.2 Å². The SMILES string of the molecule is COc1cc(C(=O)Nc2nc(-c3ccc(Cl)c(Cl)c3)c(C)s2)cc(OC)c1OC. The van der Waals surface area contributed by atoms with E-state index in [2.05, 4.69) is 10.3 Å². The van der Waals surface area contributed by atoms with Crippen molar-refractivity contribution in [2.45, 2.75) is 6.92 Å². The number of amides is 1. The molecule has 3 aromatic rings. The summed E-state index contributed by atoms with van der Waals surface area (Å²) in [5, 5.41) is 4.19. The Kier molecular flexibility index (Phi) is 6.52. The highest BCUT2D eigenvalue weighted by Crippen LogP contribution is 2.39. The molecular formula is C20H18Cl2N2O4S. The lowest BCUT2D eigenvalue weighted by atomic mass is 10.1. The molecule has 3 rings (SSSR count). The Morgan fingerprint density at radius 1 is 1.00 bits per heavy atom. The van der Waals surface area contributed by atoms with Crippen molar-refractivity contribution in [2.24, 2.45) is 0 Å². The fourth-order valence-corrected chi connectivity index (χ4v) is 3.87. The van der Waals surface area contributed by atoms with Gasteiger partial charge >= 0.3 is 0 Å². The molecule has 1 N–H and O–H groups in total. The molecule has 0 radical (unpaired) electrons. The van der Waals surface area contributed by atoms with Gasteiger partial charge in [0.15, 0.2) is 16.6 Å². The zero-order valence-electron chi connectivity index (χ0n) is 16.1. The van der Waals surface area contributed by atoms with Gasteiger partial charge in [-0.2, -0.15) is 0 Å². The number of nitrogens with zero attached hydrogens (tertiary/aromatic N) is 1. The van der Waals surface area contributed by atoms with Gasteiger partial charge in [-0.25, -0.2) is 4.98 Å². The number of benzene rings is 2. The quantitative estimate of drug-likeness (QED) is 0.518. The van der Waals surface area contributed by atoms with E-state index in [1.165, 1.54) is 32.7 Å². The highest BCUT2D eigenvalue weighted by Gasteiger charge is 2.19. The van der Waals surface area contributed by atoms with Crippen LogP contribution < -0.4 is 19.5 Å². The standard InChI is InChI=1S/C20H18Cl2N2O4S/c1-10-17(11-5-6-13(21)14(22)7-11)23-20(29-10)24-19(25)12-8-15(26-2)18(28-4)16(9-12)27-3/h5-9H,1-4H3,(H,23,24,25). The zero-order valence-corrected chi connectivity index (χ0v) is 18.5. The Morgan fingerprint density at radius 3 is 2.21 bits per heavy atom. The van der Waals surface area contributed by atoms with Gasteiger partial charge in [0, 0.05) is 16.0 Å². The van der Waals surface area contributed by atoms with Gasteiger partial charge in [0.25, 0.3) is 5.91 Å². The van der Waals surface area contributed by atoms with Crippen molar-refractivity contribution >= 4 is 45.6 Å². The minimum atomic E-state index is -0.348. The third kappa shape index (κ3) is 4.42. The van der Waals surface area contributed by atoms with Gasteiger partial charge in [0.05, 0.1) is 37.1 Å². The number of carbonyl (C=O) groups excluding carboxylic acids is 1. The van der Waals surface area contributed by atoms with Crippen molar-refractivity contribution in [3.8, 4) is 28.5 Å². The molecule has 0 saturated heterocycles. The molecule has 0 saturated carbocycles. The number of halogens is 2. The van der Waals surface area contributed by atoms with E-state index >= 15 is 0 Å². The largest absolute Gasteiger partial charge is 0.493 e. The number of hydrogen-bond acceptors (Lipinski definition) is 6. The second-order valence-electron chi connectivity index (χ2n) is 5.92. The van der Waals surface area contributed by atoms with E-state index in [0.717, 1.165) is 16.1 Å². The van der Waals surface area contributed by atoms with Crippen molar-refractivity contribution < 1.29 is 19.0 Å². The van der Waals surface area contributed by atoms with E-state index in [1.807, 2.05) is 13.0 Å². The number of aromatic nitrogens is 1. The van der Waals surface area contributed by atoms with E-state index in [1.54, 1.807) is 24.3 Å². The van der Waals surface area contributed by atoms with Crippen LogP contribution in [0.2, 0.25) is 10.0 Å². The topological polar surface area (TPSA) is 69.7 Å². The first-order valence-electron chi connectivity index (χ1n) is 8.42. The summed E-state index contributed by atoms with van der Waals surface area (Å²) < 4.78 is 15.9. The minimum Gasteiger partial charge on any atom is -0.493 e. The first kappa shape index (κ1) is 21.2. The molecule has 1 heterocycles. The van der Waals surface area contributed by atoms with Crippen LogP contribution in [0.3, 0.4) is 0 Å². The second-order valence-corrected chi connectivity index (χ2v) is 7.94. The lowest BCUT2D eigenvalue weighted by Gasteiger charge is -2.13. The second kappa shape index (κ2) is 8.90. The Morgan fingerprint density at radius 2 is 1.66 bits per heavy atom. The molecule has 0 aliphatic heterocycles. The van der Waals surface area contributed by atoms with Crippen molar-refractivity contribution in [3.63, 3.8) is 0 Å². The molecule has 0 unspecified atom stereocenters. The maximum absolute atomic E-state index is 12.8. The van der Waals surface area contributed by atoms with Gasteiger partial charge in [-0.15, -0.1) is 11.3 Å². The van der Waals surface area contributed by atoms with E-state index in [4.69, 9.17) is 37.4 Å². The molecule has 0 atom stereocenters. The lowest BCUT2D eigenvalue weighted by Crippen LogP contribution is -2.12. The molecule has 0 aliphatic rings. The van der Waals surface area contributed by atoms with Crippen LogP contribution >= 0.6 is 34.5 Å². The number of anilines is 1. The first-order chi connectivity index (χ1) is 13.9. The summed E-state index contributed by atoms with van der Waals surface area (Å²) in [7, 11) is 4.49. The molecule has 0 aliphatic carbocycles. The number of thiazole rings is 1. The van der Waals surface area contributed by atoms with Gasteiger partial charge < -0.3 is 14.2 Å². The maximum atomic E-state index is 12.8. The minimum absolute atomic E-state index is 0.348. The smallest absolute Gasteiger partial charge is 0.257 e. The molecule has 2 aromatic carbocycles. The monoisotopic (exact) mass is 452 g/mol. The van der Waals surface area contributed by atoms with Crippen molar-refractivity contribution in [2.75, 3.05) is 26.6 Å². The van der Waals surface area contributed by atoms with Crippen LogP contribution in [0, 0.1) is 6.92 Å². The normalized spacial score (nSPS) is 10.6. The summed E-state index contributed by atoms with van der Waals surface area (Å²) in [5.41, 5.74) is 1.90. The van der Waals surface area contributed by atoms with Gasteiger partial charge in [0.2, 0.25) is 5.75 Å². The molecule has 0 spiro atoms. The van der Waals surface area contributed by atoms with Crippen LogP contribution in [0.4, 0.5) is 5.13 Å². The predicted octanol–water partition coefficient (Wildman–Crippen LogP) is 5.70. The maximum Gasteiger partial charge on any atom is 0.257 e. The highest BCUT2D eigenvalue weighted by molar-refractivity contribution is 7.16. The van der Waals surface area contributed by atoms with Crippen LogP contribution in [0.25, 0.3) is 11.3 Å². The Labute approximate surface area is 182 Å². The Bertz CT molecular complexity index is 1040. The molecule has 29 heavy (non-hydrogen) atoms. The number of rotatable bonds is 6. The summed E-state index contributed by atoms with van der Waals surface area (Å²) >= 11 is 13.5. The van der Waals surface area contributed by atoms with E-state index in [9.17, 15) is 4.79 Å². The molecule has 9 heteroatoms. The van der Waals surface area contributed by atoms with Gasteiger partial charge in [-0.3, -0.25) is 10.1 Å². The lowest BCUT2D eigenvalue weighted by molar-refractivity contribution is 0.102. The van der Waals surface area contributed by atoms with Gasteiger partial charge in [-0.1, -0.05) is 29.3 Å². The summed E-state index contributed by atoms with van der Waals surface area (Å²) in [6, 6.07) is 8.46. The third-order valence-electron chi connectivity index (χ3n) is 4.14. The van der Waals surface area contributed by atoms with Crippen LogP contribution in [-0.4, -0.2) is 32.2 Å². The Hall–Kier alpha value is -2.48. The van der Waals surface area contributed by atoms with Gasteiger partial charge in [-0.05, 0) is 31.2 Å². The third-order valence-corrected chi connectivity index (χ3v) is 5.76. The van der Waals surface area contributed by atoms with Crippen LogP contribution in [0.1, 0.15) is 15.2 Å². The van der Waals surface area contributed by atoms with Gasteiger partial charge in [0.1, 0.15) is 0 Å². The average molecular weight is 453 g/mol. The number of nitrogens with one attached hydrogen (secondary N) is 1. The number of carbonyl (C=O) groups is 1. The molecule has 0 fully saturated rings. The molecule has 1 amide bonds. The van der Waals surface area contributed by atoms with E-state index < -0.39 is 0 Å². The van der Waals surface area contributed by atoms with E-state index in [0.29, 0.717) is 38.0 Å². The molecule has 1 aromatic heterocycles. The first-order valence-corrected chi connectivity index (χ1v) is 9.99. The van der Waals surface area contributed by atoms with Crippen molar-refractivity contribution in [1.82, 2.24) is 4.98 Å². The fraction of sp³-hybridized carbons (Fsp3) is 0.200. The number of aryl methyl sites for hydroxylation is 1. The number of ether oxygens (including phenoxy) is 3. The predicted molar refractivity (Wildman–Crippen MR) is 116 cm³/mol. The fourth-order valence-electron chi connectivity index (χ4n) is 2.74. The van der Waals surface area contributed by atoms with Crippen LogP contribution in [-0.2, 0) is 0 Å². The van der Waals surface area contributed by atoms with Crippen molar-refractivity contribution in [3.05, 3.63) is 50.8 Å². The summed E-state index contributed by atoms with van der Waals surface area (Å²) in [6.45, 7) is 1.92. The summed E-state index contributed by atoms with van der Waals surface area (Å²) in [6.07, 6.45) is 0. The van der Waals surface area contributed by atoms with Crippen molar-refractivity contribution in [1.29, 1.82) is 0 Å². The average Bonchev–Trinajstić information content (AvgIpc) is 3.08. The molecule has 0 bridgehead atoms. The molecule has 6 nitrogen and oxygen atoms in total. The Balaban J connectivity index is 1.89. The molecule has 152 valence electrons. The number of hydrogen-bond donors (Lipinski definition) is 1. The number of methoxy groups -OCH3 is 3. The molecular weight excluding hydrogens is 435 g/mol. The summed E-state index contributed by atoms with van der Waals surface area (Å²) in [5.74, 6) is 0.852. The summed E-state index contributed by atoms with van der Waals surface area (Å²) in [4.78, 5) is 18.2. The zero-order chi connectivity index (χ0) is 21.1.